The summed E-state index contributed by atoms with van der Waals surface area (Å²) in [4.78, 5) is 4.45. The van der Waals surface area contributed by atoms with E-state index in [1.807, 2.05) is 37.3 Å². The third-order valence-electron chi connectivity index (χ3n) is 3.16. The zero-order chi connectivity index (χ0) is 15.7. The summed E-state index contributed by atoms with van der Waals surface area (Å²) < 4.78 is 25.5. The number of benzene rings is 2. The maximum absolute atomic E-state index is 12.7. The third kappa shape index (κ3) is 2.79. The van der Waals surface area contributed by atoms with Crippen LogP contribution in [0, 0.1) is 6.92 Å². The fraction of sp³-hybridized carbons (Fsp3) is 0.0625. The van der Waals surface area contributed by atoms with E-state index in [9.17, 15) is 8.42 Å². The first-order valence-electron chi connectivity index (χ1n) is 6.52. The van der Waals surface area contributed by atoms with Crippen molar-refractivity contribution in [3.8, 4) is 10.6 Å². The molecular weight excluding hydrogens is 338 g/mol. The van der Waals surface area contributed by atoms with Crippen molar-refractivity contribution < 1.29 is 8.42 Å². The van der Waals surface area contributed by atoms with Gasteiger partial charge in [0.05, 0.1) is 4.90 Å². The van der Waals surface area contributed by atoms with E-state index >= 15 is 0 Å². The van der Waals surface area contributed by atoms with E-state index in [0.29, 0.717) is 5.01 Å². The number of nitrogens with zero attached hydrogens (tertiary/aromatic N) is 1. The fourth-order valence-corrected chi connectivity index (χ4v) is 4.90. The smallest absolute Gasteiger partial charge is 0.223 e. The predicted octanol–water partition coefficient (Wildman–Crippen LogP) is 4.60. The van der Waals surface area contributed by atoms with E-state index in [1.165, 1.54) is 11.3 Å². The SMILES string of the molecule is Cc1ccc(S(=O)(=O)c2nc(-c3ccccc3)sc2Cl)cc1. The highest BCUT2D eigenvalue weighted by Gasteiger charge is 2.25. The van der Waals surface area contributed by atoms with Crippen molar-refractivity contribution in [1.29, 1.82) is 0 Å². The van der Waals surface area contributed by atoms with Crippen molar-refractivity contribution in [1.82, 2.24) is 4.98 Å². The molecule has 0 unspecified atom stereocenters. The van der Waals surface area contributed by atoms with Gasteiger partial charge in [-0.05, 0) is 19.1 Å². The molecule has 3 rings (SSSR count). The minimum absolute atomic E-state index is 0.0816. The Labute approximate surface area is 138 Å². The van der Waals surface area contributed by atoms with Gasteiger partial charge in [0.1, 0.15) is 9.34 Å². The summed E-state index contributed by atoms with van der Waals surface area (Å²) in [6.45, 7) is 1.90. The summed E-state index contributed by atoms with van der Waals surface area (Å²) >= 11 is 7.30. The molecule has 0 amide bonds. The molecule has 0 N–H and O–H groups in total. The Morgan fingerprint density at radius 1 is 1.00 bits per heavy atom. The minimum atomic E-state index is -3.71. The summed E-state index contributed by atoms with van der Waals surface area (Å²) in [6, 6.07) is 16.0. The summed E-state index contributed by atoms with van der Waals surface area (Å²) in [5.74, 6) is 0. The molecule has 112 valence electrons. The van der Waals surface area contributed by atoms with Gasteiger partial charge < -0.3 is 0 Å². The number of aromatic nitrogens is 1. The van der Waals surface area contributed by atoms with Gasteiger partial charge in [-0.25, -0.2) is 13.4 Å². The summed E-state index contributed by atoms with van der Waals surface area (Å²) in [5, 5.41) is 0.512. The molecule has 0 atom stereocenters. The standard InChI is InChI=1S/C16H12ClNO2S2/c1-11-7-9-13(10-8-11)22(19,20)16-14(17)21-15(18-16)12-5-3-2-4-6-12/h2-10H,1H3. The Morgan fingerprint density at radius 3 is 2.27 bits per heavy atom. The zero-order valence-electron chi connectivity index (χ0n) is 11.7. The maximum Gasteiger partial charge on any atom is 0.226 e. The fourth-order valence-electron chi connectivity index (χ4n) is 1.99. The van der Waals surface area contributed by atoms with Gasteiger partial charge in [-0.3, -0.25) is 0 Å². The van der Waals surface area contributed by atoms with Gasteiger partial charge in [0, 0.05) is 5.56 Å². The normalized spacial score (nSPS) is 11.5. The van der Waals surface area contributed by atoms with Crippen molar-refractivity contribution in [2.45, 2.75) is 16.8 Å². The molecule has 2 aromatic carbocycles. The van der Waals surface area contributed by atoms with Crippen molar-refractivity contribution in [2.75, 3.05) is 0 Å². The van der Waals surface area contributed by atoms with E-state index in [0.717, 1.165) is 11.1 Å². The molecule has 6 heteroatoms. The second kappa shape index (κ2) is 5.83. The molecule has 22 heavy (non-hydrogen) atoms. The Kier molecular flexibility index (Phi) is 4.04. The van der Waals surface area contributed by atoms with E-state index in [4.69, 9.17) is 11.6 Å². The largest absolute Gasteiger partial charge is 0.226 e. The van der Waals surface area contributed by atoms with Crippen LogP contribution in [-0.2, 0) is 9.84 Å². The van der Waals surface area contributed by atoms with Crippen molar-refractivity contribution in [2.24, 2.45) is 0 Å². The van der Waals surface area contributed by atoms with Gasteiger partial charge >= 0.3 is 0 Å². The molecule has 0 bridgehead atoms. The molecule has 0 saturated carbocycles. The van der Waals surface area contributed by atoms with Crippen LogP contribution in [0.25, 0.3) is 10.6 Å². The van der Waals surface area contributed by atoms with Crippen LogP contribution in [0.2, 0.25) is 4.34 Å². The van der Waals surface area contributed by atoms with E-state index in [2.05, 4.69) is 4.98 Å². The lowest BCUT2D eigenvalue weighted by atomic mass is 10.2. The third-order valence-corrected chi connectivity index (χ3v) is 6.41. The summed E-state index contributed by atoms with van der Waals surface area (Å²) in [5.41, 5.74) is 1.84. The molecule has 0 aliphatic carbocycles. The average molecular weight is 350 g/mol. The predicted molar refractivity (Wildman–Crippen MR) is 89.2 cm³/mol. The maximum atomic E-state index is 12.7. The van der Waals surface area contributed by atoms with Crippen LogP contribution in [0.5, 0.6) is 0 Å². The number of hydrogen-bond donors (Lipinski definition) is 0. The first kappa shape index (κ1) is 15.2. The van der Waals surface area contributed by atoms with Gasteiger partial charge in [0.2, 0.25) is 9.84 Å². The van der Waals surface area contributed by atoms with E-state index < -0.39 is 9.84 Å². The topological polar surface area (TPSA) is 47.0 Å². The molecule has 0 radical (unpaired) electrons. The molecule has 0 aliphatic rings. The molecule has 0 aliphatic heterocycles. The van der Waals surface area contributed by atoms with E-state index in [1.54, 1.807) is 24.3 Å². The lowest BCUT2D eigenvalue weighted by Crippen LogP contribution is -2.03. The zero-order valence-corrected chi connectivity index (χ0v) is 14.0. The van der Waals surface area contributed by atoms with Crippen LogP contribution in [0.3, 0.4) is 0 Å². The number of hydrogen-bond acceptors (Lipinski definition) is 4. The lowest BCUT2D eigenvalue weighted by Gasteiger charge is -2.02. The second-order valence-electron chi connectivity index (χ2n) is 4.78. The molecular formula is C16H12ClNO2S2. The molecule has 0 fully saturated rings. The first-order chi connectivity index (χ1) is 10.5. The Morgan fingerprint density at radius 2 is 1.64 bits per heavy atom. The number of aryl methyl sites for hydroxylation is 1. The highest BCUT2D eigenvalue weighted by molar-refractivity contribution is 7.91. The number of rotatable bonds is 3. The average Bonchev–Trinajstić information content (AvgIpc) is 2.91. The number of thiazole rings is 1. The summed E-state index contributed by atoms with van der Waals surface area (Å²) in [7, 11) is -3.71. The summed E-state index contributed by atoms with van der Waals surface area (Å²) in [6.07, 6.45) is 0. The van der Waals surface area contributed by atoms with Crippen LogP contribution in [0.4, 0.5) is 0 Å². The van der Waals surface area contributed by atoms with Crippen molar-refractivity contribution in [3.63, 3.8) is 0 Å². The molecule has 0 saturated heterocycles. The lowest BCUT2D eigenvalue weighted by molar-refractivity contribution is 0.593. The van der Waals surface area contributed by atoms with Gasteiger partial charge in [0.25, 0.3) is 0 Å². The Balaban J connectivity index is 2.09. The van der Waals surface area contributed by atoms with Crippen LogP contribution >= 0.6 is 22.9 Å². The van der Waals surface area contributed by atoms with Gasteiger partial charge in [0.15, 0.2) is 5.03 Å². The quantitative estimate of drug-likeness (QED) is 0.694. The van der Waals surface area contributed by atoms with Gasteiger partial charge in [-0.15, -0.1) is 11.3 Å². The van der Waals surface area contributed by atoms with Crippen molar-refractivity contribution >= 4 is 32.8 Å². The minimum Gasteiger partial charge on any atom is -0.223 e. The van der Waals surface area contributed by atoms with Crippen LogP contribution in [-0.4, -0.2) is 13.4 Å². The monoisotopic (exact) mass is 349 g/mol. The highest BCUT2D eigenvalue weighted by atomic mass is 35.5. The molecule has 3 aromatic rings. The van der Waals surface area contributed by atoms with Crippen LogP contribution < -0.4 is 0 Å². The highest BCUT2D eigenvalue weighted by Crippen LogP contribution is 2.36. The molecule has 0 spiro atoms. The number of sulfone groups is 1. The molecule has 3 nitrogen and oxygen atoms in total. The molecule has 1 heterocycles. The number of halogens is 1. The van der Waals surface area contributed by atoms with Crippen molar-refractivity contribution in [3.05, 3.63) is 64.5 Å². The first-order valence-corrected chi connectivity index (χ1v) is 9.20. The van der Waals surface area contributed by atoms with Crippen LogP contribution in [0.15, 0.2) is 64.5 Å². The van der Waals surface area contributed by atoms with Crippen LogP contribution in [0.1, 0.15) is 5.56 Å². The Hall–Kier alpha value is -1.69. The van der Waals surface area contributed by atoms with Gasteiger partial charge in [-0.2, -0.15) is 0 Å². The molecule has 1 aromatic heterocycles. The second-order valence-corrected chi connectivity index (χ2v) is 8.25. The van der Waals surface area contributed by atoms with Gasteiger partial charge in [-0.1, -0.05) is 59.6 Å². The van der Waals surface area contributed by atoms with E-state index in [-0.39, 0.29) is 14.3 Å². The Bertz CT molecular complexity index is 901.